The third kappa shape index (κ3) is 5.28. The van der Waals surface area contributed by atoms with Crippen LogP contribution >= 0.6 is 0 Å². The average Bonchev–Trinajstić information content (AvgIpc) is 3.32. The molecule has 0 aliphatic carbocycles. The van der Waals surface area contributed by atoms with Crippen molar-refractivity contribution in [1.82, 2.24) is 9.47 Å². The van der Waals surface area contributed by atoms with Gasteiger partial charge < -0.3 is 14.4 Å². The normalized spacial score (nSPS) is 17.1. The van der Waals surface area contributed by atoms with Crippen molar-refractivity contribution in [3.05, 3.63) is 65.6 Å². The third-order valence-corrected chi connectivity index (χ3v) is 6.22. The number of hydrogen-bond acceptors (Lipinski definition) is 3. The topological polar surface area (TPSA) is 37.6 Å². The smallest absolute Gasteiger partial charge is 0.123 e. The van der Waals surface area contributed by atoms with Gasteiger partial charge in [-0.15, -0.1) is 0 Å². The van der Waals surface area contributed by atoms with Crippen molar-refractivity contribution >= 4 is 10.9 Å². The van der Waals surface area contributed by atoms with E-state index >= 15 is 0 Å². The quantitative estimate of drug-likeness (QED) is 0.512. The summed E-state index contributed by atoms with van der Waals surface area (Å²) >= 11 is 0. The van der Waals surface area contributed by atoms with E-state index in [0.717, 1.165) is 49.2 Å². The number of halogens is 1. The van der Waals surface area contributed by atoms with E-state index in [2.05, 4.69) is 41.6 Å². The van der Waals surface area contributed by atoms with Crippen molar-refractivity contribution in [2.45, 2.75) is 52.2 Å². The number of ether oxygens (including phenoxy) is 1. The van der Waals surface area contributed by atoms with E-state index in [1.54, 1.807) is 12.1 Å². The Bertz CT molecular complexity index is 1010. The Kier molecular flexibility index (Phi) is 6.93. The van der Waals surface area contributed by atoms with Gasteiger partial charge >= 0.3 is 0 Å². The maximum absolute atomic E-state index is 13.7. The molecule has 0 spiro atoms. The molecule has 0 radical (unpaired) electrons. The van der Waals surface area contributed by atoms with Crippen molar-refractivity contribution in [2.24, 2.45) is 5.92 Å². The number of likely N-dealkylation sites (tertiary alicyclic amines) is 1. The van der Waals surface area contributed by atoms with E-state index in [-0.39, 0.29) is 18.5 Å². The molecule has 0 unspecified atom stereocenters. The maximum atomic E-state index is 13.7. The van der Waals surface area contributed by atoms with Gasteiger partial charge in [0.1, 0.15) is 11.6 Å². The summed E-state index contributed by atoms with van der Waals surface area (Å²) in [6, 6.07) is 13.3. The summed E-state index contributed by atoms with van der Waals surface area (Å²) < 4.78 is 21.9. The van der Waals surface area contributed by atoms with Gasteiger partial charge in [0.15, 0.2) is 0 Å². The average molecular weight is 425 g/mol. The number of fused-ring (bicyclic) bond motifs is 1. The molecule has 3 aromatic rings. The summed E-state index contributed by atoms with van der Waals surface area (Å²) in [4.78, 5) is 2.37. The van der Waals surface area contributed by atoms with Crippen LogP contribution in [0.1, 0.15) is 44.2 Å². The molecule has 5 heteroatoms. The first-order chi connectivity index (χ1) is 15.0. The van der Waals surface area contributed by atoms with Crippen LogP contribution in [0.2, 0.25) is 0 Å². The molecule has 0 saturated carbocycles. The van der Waals surface area contributed by atoms with Crippen molar-refractivity contribution < 1.29 is 14.2 Å². The molecule has 1 saturated heterocycles. The van der Waals surface area contributed by atoms with Crippen molar-refractivity contribution in [3.63, 3.8) is 0 Å². The number of nitrogens with zero attached hydrogens (tertiary/aromatic N) is 2. The summed E-state index contributed by atoms with van der Waals surface area (Å²) in [7, 11) is 0. The molecule has 166 valence electrons. The first-order valence-corrected chi connectivity index (χ1v) is 11.4. The summed E-state index contributed by atoms with van der Waals surface area (Å²) in [5.74, 6) is 1.29. The Balaban J connectivity index is 1.65. The fourth-order valence-electron chi connectivity index (χ4n) is 4.47. The van der Waals surface area contributed by atoms with Crippen LogP contribution < -0.4 is 4.74 Å². The molecular weight excluding hydrogens is 391 g/mol. The van der Waals surface area contributed by atoms with Crippen LogP contribution in [0.4, 0.5) is 4.39 Å². The zero-order valence-electron chi connectivity index (χ0n) is 18.6. The van der Waals surface area contributed by atoms with Crippen LogP contribution in [0.3, 0.4) is 0 Å². The van der Waals surface area contributed by atoms with E-state index in [1.165, 1.54) is 17.0 Å². The fourth-order valence-corrected chi connectivity index (χ4v) is 4.47. The Morgan fingerprint density at radius 1 is 1.16 bits per heavy atom. The van der Waals surface area contributed by atoms with Crippen LogP contribution in [0.15, 0.2) is 48.7 Å². The fraction of sp³-hybridized carbons (Fsp3) is 0.462. The third-order valence-electron chi connectivity index (χ3n) is 6.22. The molecule has 1 atom stereocenters. The molecule has 4 nitrogen and oxygen atoms in total. The lowest BCUT2D eigenvalue weighted by Gasteiger charge is -2.22. The van der Waals surface area contributed by atoms with Gasteiger partial charge in [-0.05, 0) is 73.2 Å². The Hall–Kier alpha value is -2.37. The molecule has 1 aliphatic rings. The lowest BCUT2D eigenvalue weighted by Crippen LogP contribution is -2.31. The number of aliphatic hydroxyl groups is 1. The number of aromatic nitrogens is 1. The molecule has 0 amide bonds. The largest absolute Gasteiger partial charge is 0.494 e. The number of benzene rings is 2. The van der Waals surface area contributed by atoms with E-state index in [0.29, 0.717) is 19.1 Å². The molecule has 1 aromatic heterocycles. The summed E-state index contributed by atoms with van der Waals surface area (Å²) in [5.41, 5.74) is 3.28. The number of aliphatic hydroxyl groups excluding tert-OH is 1. The maximum Gasteiger partial charge on any atom is 0.123 e. The van der Waals surface area contributed by atoms with E-state index in [9.17, 15) is 9.50 Å². The molecular formula is C26H33FN2O2. The minimum atomic E-state index is -0.210. The zero-order chi connectivity index (χ0) is 21.8. The molecule has 1 aliphatic heterocycles. The van der Waals surface area contributed by atoms with Crippen LogP contribution in [-0.2, 0) is 13.1 Å². The van der Waals surface area contributed by atoms with Crippen molar-refractivity contribution in [3.8, 4) is 5.75 Å². The highest BCUT2D eigenvalue weighted by molar-refractivity contribution is 5.85. The first-order valence-electron chi connectivity index (χ1n) is 11.4. The Labute approximate surface area is 184 Å². The summed E-state index contributed by atoms with van der Waals surface area (Å²) in [6.07, 6.45) is 5.37. The van der Waals surface area contributed by atoms with Crippen molar-refractivity contribution in [2.75, 3.05) is 19.8 Å². The molecule has 31 heavy (non-hydrogen) atoms. The van der Waals surface area contributed by atoms with Gasteiger partial charge in [0.05, 0.1) is 13.2 Å². The number of rotatable bonds is 9. The van der Waals surface area contributed by atoms with E-state index < -0.39 is 0 Å². The van der Waals surface area contributed by atoms with E-state index in [4.69, 9.17) is 4.74 Å². The van der Waals surface area contributed by atoms with Gasteiger partial charge in [-0.2, -0.15) is 0 Å². The van der Waals surface area contributed by atoms with Crippen LogP contribution in [0.25, 0.3) is 10.9 Å². The van der Waals surface area contributed by atoms with Crippen LogP contribution in [0.5, 0.6) is 5.75 Å². The second-order valence-corrected chi connectivity index (χ2v) is 9.07. The predicted molar refractivity (Wildman–Crippen MR) is 123 cm³/mol. The Morgan fingerprint density at radius 3 is 2.81 bits per heavy atom. The highest BCUT2D eigenvalue weighted by Crippen LogP contribution is 2.30. The van der Waals surface area contributed by atoms with Crippen LogP contribution in [0, 0.1) is 11.7 Å². The minimum absolute atomic E-state index is 0.200. The predicted octanol–water partition coefficient (Wildman–Crippen LogP) is 5.21. The summed E-state index contributed by atoms with van der Waals surface area (Å²) in [5, 5.41) is 10.9. The highest BCUT2D eigenvalue weighted by atomic mass is 19.1. The lowest BCUT2D eigenvalue weighted by molar-refractivity contribution is 0.154. The van der Waals surface area contributed by atoms with Crippen LogP contribution in [-0.4, -0.2) is 40.4 Å². The van der Waals surface area contributed by atoms with Gasteiger partial charge in [0.2, 0.25) is 0 Å². The zero-order valence-corrected chi connectivity index (χ0v) is 18.6. The Morgan fingerprint density at radius 2 is 2.03 bits per heavy atom. The number of hydrogen-bond donors (Lipinski definition) is 1. The lowest BCUT2D eigenvalue weighted by atomic mass is 10.1. The molecule has 2 aromatic carbocycles. The highest BCUT2D eigenvalue weighted by Gasteiger charge is 2.25. The molecule has 0 bridgehead atoms. The second kappa shape index (κ2) is 9.84. The standard InChI is InChI=1S/C26H33FN2O2/c1-19(2)10-12-31-24-8-9-26-25(14-24)21(16-28-11-4-7-23(28)18-30)17-29(26)15-20-5-3-6-22(27)13-20/h3,5-6,8-9,13-14,17,19,23,30H,4,7,10-12,15-16,18H2,1-2H3/t23-/m0/s1. The van der Waals surface area contributed by atoms with Gasteiger partial charge in [-0.25, -0.2) is 4.39 Å². The minimum Gasteiger partial charge on any atom is -0.494 e. The van der Waals surface area contributed by atoms with E-state index in [1.807, 2.05) is 12.1 Å². The SMILES string of the molecule is CC(C)CCOc1ccc2c(c1)c(CN1CCC[C@H]1CO)cn2Cc1cccc(F)c1. The van der Waals surface area contributed by atoms with Gasteiger partial charge in [0.25, 0.3) is 0 Å². The monoisotopic (exact) mass is 424 g/mol. The molecule has 4 rings (SSSR count). The van der Waals surface area contributed by atoms with Gasteiger partial charge in [0, 0.05) is 36.2 Å². The second-order valence-electron chi connectivity index (χ2n) is 9.07. The van der Waals surface area contributed by atoms with Gasteiger partial charge in [-0.3, -0.25) is 4.90 Å². The molecule has 2 heterocycles. The first kappa shape index (κ1) is 21.8. The molecule has 1 N–H and O–H groups in total. The van der Waals surface area contributed by atoms with Gasteiger partial charge in [-0.1, -0.05) is 26.0 Å². The van der Waals surface area contributed by atoms with Crippen molar-refractivity contribution in [1.29, 1.82) is 0 Å². The summed E-state index contributed by atoms with van der Waals surface area (Å²) in [6.45, 7) is 7.73. The molecule has 1 fully saturated rings.